The molecule has 0 saturated carbocycles. The number of hydrogen-bond acceptors (Lipinski definition) is 4. The zero-order valence-electron chi connectivity index (χ0n) is 13.2. The molecule has 1 aliphatic rings. The van der Waals surface area contributed by atoms with Gasteiger partial charge in [0.1, 0.15) is 12.0 Å². The van der Waals surface area contributed by atoms with Crippen molar-refractivity contribution in [2.45, 2.75) is 12.3 Å². The molecule has 5 nitrogen and oxygen atoms in total. The van der Waals surface area contributed by atoms with E-state index in [9.17, 15) is 9.59 Å². The van der Waals surface area contributed by atoms with Crippen LogP contribution in [0.25, 0.3) is 0 Å². The molecule has 1 aromatic rings. The lowest BCUT2D eigenvalue weighted by Gasteiger charge is -2.27. The first kappa shape index (κ1) is 16.8. The molecule has 22 heavy (non-hydrogen) atoms. The first-order valence-corrected chi connectivity index (χ1v) is 8.29. The minimum Gasteiger partial charge on any atom is -0.375 e. The summed E-state index contributed by atoms with van der Waals surface area (Å²) in [7, 11) is 3.23. The molecule has 1 saturated heterocycles. The van der Waals surface area contributed by atoms with Crippen LogP contribution < -0.4 is 0 Å². The summed E-state index contributed by atoms with van der Waals surface area (Å²) in [6.07, 6.45) is 0. The third-order valence-corrected chi connectivity index (χ3v) is 5.03. The van der Waals surface area contributed by atoms with Crippen molar-refractivity contribution in [3.05, 3.63) is 35.4 Å². The van der Waals surface area contributed by atoms with Gasteiger partial charge in [-0.05, 0) is 18.1 Å². The summed E-state index contributed by atoms with van der Waals surface area (Å²) in [6.45, 7) is 3.18. The molecule has 120 valence electrons. The van der Waals surface area contributed by atoms with Crippen LogP contribution in [0.2, 0.25) is 0 Å². The van der Waals surface area contributed by atoms with Crippen molar-refractivity contribution >= 4 is 23.6 Å². The van der Waals surface area contributed by atoms with Gasteiger partial charge in [-0.15, -0.1) is 11.8 Å². The lowest BCUT2D eigenvalue weighted by atomic mass is 10.1. The average Bonchev–Trinajstić information content (AvgIpc) is 2.86. The molecule has 1 aromatic carbocycles. The number of rotatable bonds is 6. The Bertz CT molecular complexity index is 550. The maximum Gasteiger partial charge on any atom is 0.248 e. The van der Waals surface area contributed by atoms with E-state index in [4.69, 9.17) is 4.74 Å². The molecule has 1 heterocycles. The van der Waals surface area contributed by atoms with Crippen LogP contribution in [-0.4, -0.2) is 61.2 Å². The zero-order valence-corrected chi connectivity index (χ0v) is 14.1. The van der Waals surface area contributed by atoms with Gasteiger partial charge in [0.05, 0.1) is 5.75 Å². The van der Waals surface area contributed by atoms with E-state index in [0.717, 1.165) is 0 Å². The van der Waals surface area contributed by atoms with Crippen molar-refractivity contribution in [1.82, 2.24) is 9.80 Å². The maximum atomic E-state index is 12.2. The Morgan fingerprint density at radius 2 is 2.18 bits per heavy atom. The van der Waals surface area contributed by atoms with Crippen LogP contribution in [-0.2, 0) is 14.3 Å². The lowest BCUT2D eigenvalue weighted by molar-refractivity contribution is -0.135. The molecule has 0 bridgehead atoms. The average molecular weight is 322 g/mol. The van der Waals surface area contributed by atoms with Crippen LogP contribution in [0.5, 0.6) is 0 Å². The van der Waals surface area contributed by atoms with Gasteiger partial charge in [0.15, 0.2) is 0 Å². The molecule has 1 atom stereocenters. The summed E-state index contributed by atoms with van der Waals surface area (Å²) < 4.78 is 4.85. The standard InChI is InChI=1S/C16H22N2O3S/c1-12-6-4-5-7-13(12)16-18(15(20)11-22-16)9-8-17(2)14(19)10-21-3/h4-7,16H,8-11H2,1-3H3. The van der Waals surface area contributed by atoms with Crippen LogP contribution in [0, 0.1) is 6.92 Å². The molecule has 2 rings (SSSR count). The molecular formula is C16H22N2O3S. The Labute approximate surface area is 135 Å². The Kier molecular flexibility index (Phi) is 5.85. The first-order chi connectivity index (χ1) is 10.5. The quantitative estimate of drug-likeness (QED) is 0.799. The Morgan fingerprint density at radius 1 is 1.45 bits per heavy atom. The summed E-state index contributed by atoms with van der Waals surface area (Å²) in [4.78, 5) is 27.4. The number of methoxy groups -OCH3 is 1. The van der Waals surface area contributed by atoms with E-state index in [0.29, 0.717) is 18.8 Å². The van der Waals surface area contributed by atoms with Crippen molar-refractivity contribution in [2.24, 2.45) is 0 Å². The van der Waals surface area contributed by atoms with Crippen molar-refractivity contribution in [1.29, 1.82) is 0 Å². The molecule has 0 radical (unpaired) electrons. The van der Waals surface area contributed by atoms with Gasteiger partial charge in [-0.3, -0.25) is 9.59 Å². The molecule has 0 aliphatic carbocycles. The van der Waals surface area contributed by atoms with Crippen molar-refractivity contribution in [2.75, 3.05) is 39.6 Å². The predicted molar refractivity (Wildman–Crippen MR) is 87.6 cm³/mol. The van der Waals surface area contributed by atoms with Crippen LogP contribution in [0.1, 0.15) is 16.5 Å². The smallest absolute Gasteiger partial charge is 0.248 e. The molecule has 1 aliphatic heterocycles. The molecule has 6 heteroatoms. The van der Waals surface area contributed by atoms with Crippen LogP contribution in [0.3, 0.4) is 0 Å². The Morgan fingerprint density at radius 3 is 2.86 bits per heavy atom. The van der Waals surface area contributed by atoms with Crippen LogP contribution in [0.4, 0.5) is 0 Å². The van der Waals surface area contributed by atoms with Gasteiger partial charge in [-0.25, -0.2) is 0 Å². The highest BCUT2D eigenvalue weighted by molar-refractivity contribution is 8.00. The van der Waals surface area contributed by atoms with Gasteiger partial charge in [0, 0.05) is 27.2 Å². The summed E-state index contributed by atoms with van der Waals surface area (Å²) in [6, 6.07) is 8.13. The van der Waals surface area contributed by atoms with Gasteiger partial charge < -0.3 is 14.5 Å². The van der Waals surface area contributed by atoms with Crippen molar-refractivity contribution in [3.8, 4) is 0 Å². The maximum absolute atomic E-state index is 12.2. The third-order valence-electron chi connectivity index (χ3n) is 3.79. The second-order valence-electron chi connectivity index (χ2n) is 5.36. The van der Waals surface area contributed by atoms with E-state index in [2.05, 4.69) is 19.1 Å². The molecule has 0 aromatic heterocycles. The van der Waals surface area contributed by atoms with E-state index in [1.54, 1.807) is 23.7 Å². The van der Waals surface area contributed by atoms with E-state index >= 15 is 0 Å². The number of amides is 2. The number of nitrogens with zero attached hydrogens (tertiary/aromatic N) is 2. The number of thioether (sulfide) groups is 1. The number of carbonyl (C=O) groups is 2. The second kappa shape index (κ2) is 7.65. The summed E-state index contributed by atoms with van der Waals surface area (Å²) in [5, 5.41) is 0.0413. The van der Waals surface area contributed by atoms with Crippen molar-refractivity contribution < 1.29 is 14.3 Å². The van der Waals surface area contributed by atoms with Gasteiger partial charge in [-0.2, -0.15) is 0 Å². The largest absolute Gasteiger partial charge is 0.375 e. The topological polar surface area (TPSA) is 49.9 Å². The highest BCUT2D eigenvalue weighted by atomic mass is 32.2. The number of ether oxygens (including phenoxy) is 1. The molecule has 1 unspecified atom stereocenters. The third kappa shape index (κ3) is 3.81. The fourth-order valence-electron chi connectivity index (χ4n) is 2.43. The molecule has 0 N–H and O–H groups in total. The Hall–Kier alpha value is -1.53. The number of likely N-dealkylation sites (N-methyl/N-ethyl adjacent to an activating group) is 1. The second-order valence-corrected chi connectivity index (χ2v) is 6.42. The summed E-state index contributed by atoms with van der Waals surface area (Å²) in [5.74, 6) is 0.550. The van der Waals surface area contributed by atoms with Crippen molar-refractivity contribution in [3.63, 3.8) is 0 Å². The SMILES string of the molecule is COCC(=O)N(C)CCN1C(=O)CSC1c1ccccc1C. The van der Waals surface area contributed by atoms with E-state index in [1.807, 2.05) is 17.0 Å². The zero-order chi connectivity index (χ0) is 16.1. The Balaban J connectivity index is 2.03. The molecule has 0 spiro atoms. The van der Waals surface area contributed by atoms with E-state index < -0.39 is 0 Å². The highest BCUT2D eigenvalue weighted by Crippen LogP contribution is 2.39. The summed E-state index contributed by atoms with van der Waals surface area (Å²) in [5.41, 5.74) is 2.35. The minimum atomic E-state index is -0.0748. The minimum absolute atomic E-state index is 0.0413. The fraction of sp³-hybridized carbons (Fsp3) is 0.500. The fourth-order valence-corrected chi connectivity index (χ4v) is 3.75. The monoisotopic (exact) mass is 322 g/mol. The number of aryl methyl sites for hydroxylation is 1. The predicted octanol–water partition coefficient (Wildman–Crippen LogP) is 1.67. The van der Waals surface area contributed by atoms with Gasteiger partial charge in [0.2, 0.25) is 11.8 Å². The van der Waals surface area contributed by atoms with Crippen LogP contribution >= 0.6 is 11.8 Å². The van der Waals surface area contributed by atoms with Crippen LogP contribution in [0.15, 0.2) is 24.3 Å². The van der Waals surface area contributed by atoms with E-state index in [-0.39, 0.29) is 23.8 Å². The van der Waals surface area contributed by atoms with Gasteiger partial charge in [0.25, 0.3) is 0 Å². The summed E-state index contributed by atoms with van der Waals surface area (Å²) >= 11 is 1.64. The number of benzene rings is 1. The molecular weight excluding hydrogens is 300 g/mol. The molecule has 2 amide bonds. The first-order valence-electron chi connectivity index (χ1n) is 7.24. The number of carbonyl (C=O) groups excluding carboxylic acids is 2. The normalized spacial score (nSPS) is 17.9. The molecule has 1 fully saturated rings. The lowest BCUT2D eigenvalue weighted by Crippen LogP contribution is -2.39. The van der Waals surface area contributed by atoms with E-state index in [1.165, 1.54) is 18.2 Å². The highest BCUT2D eigenvalue weighted by Gasteiger charge is 2.33. The van der Waals surface area contributed by atoms with Gasteiger partial charge in [-0.1, -0.05) is 24.3 Å². The number of hydrogen-bond donors (Lipinski definition) is 0. The van der Waals surface area contributed by atoms with Gasteiger partial charge >= 0.3 is 0 Å².